The molecule has 0 bridgehead atoms. The van der Waals surface area contributed by atoms with E-state index in [1.165, 1.54) is 6.07 Å². The van der Waals surface area contributed by atoms with Crippen LogP contribution in [0.5, 0.6) is 0 Å². The van der Waals surface area contributed by atoms with Crippen LogP contribution in [0.4, 0.5) is 4.39 Å². The van der Waals surface area contributed by atoms with Crippen LogP contribution in [0.25, 0.3) is 0 Å². The fraction of sp³-hybridized carbons (Fsp3) is 0.0833. The number of pyridine rings is 1. The van der Waals surface area contributed by atoms with E-state index in [1.807, 2.05) is 6.07 Å². The fourth-order valence-electron chi connectivity index (χ4n) is 1.49. The Hall–Kier alpha value is -1.26. The van der Waals surface area contributed by atoms with Gasteiger partial charge in [0.05, 0.1) is 6.04 Å². The Balaban J connectivity index is 2.38. The normalized spacial score (nSPS) is 12.4. The van der Waals surface area contributed by atoms with Gasteiger partial charge >= 0.3 is 0 Å². The summed E-state index contributed by atoms with van der Waals surface area (Å²) in [5, 5.41) is 0. The second-order valence-corrected chi connectivity index (χ2v) is 4.35. The molecule has 1 unspecified atom stereocenters. The number of halogens is 2. The van der Waals surface area contributed by atoms with Gasteiger partial charge in [-0.3, -0.25) is 4.98 Å². The number of nitrogens with two attached hydrogens (primary N) is 1. The van der Waals surface area contributed by atoms with E-state index in [0.29, 0.717) is 10.0 Å². The van der Waals surface area contributed by atoms with Crippen molar-refractivity contribution in [2.45, 2.75) is 6.04 Å². The molecule has 0 spiro atoms. The predicted octanol–water partition coefficient (Wildman–Crippen LogP) is 3.03. The zero-order valence-electron chi connectivity index (χ0n) is 8.40. The van der Waals surface area contributed by atoms with Gasteiger partial charge in [0.15, 0.2) is 0 Å². The largest absolute Gasteiger partial charge is 0.320 e. The summed E-state index contributed by atoms with van der Waals surface area (Å²) in [5.74, 6) is -0.314. The first kappa shape index (κ1) is 11.2. The molecule has 1 aromatic carbocycles. The molecule has 0 saturated heterocycles. The average Bonchev–Trinajstić information content (AvgIpc) is 2.29. The molecule has 1 heterocycles. The maximum absolute atomic E-state index is 13.7. The van der Waals surface area contributed by atoms with Gasteiger partial charge in [-0.05, 0) is 23.8 Å². The minimum atomic E-state index is -0.484. The first-order valence-electron chi connectivity index (χ1n) is 4.79. The topological polar surface area (TPSA) is 38.9 Å². The maximum atomic E-state index is 13.7. The molecule has 0 aliphatic carbocycles. The zero-order chi connectivity index (χ0) is 11.5. The third-order valence-corrected chi connectivity index (χ3v) is 2.83. The van der Waals surface area contributed by atoms with Gasteiger partial charge < -0.3 is 5.73 Å². The van der Waals surface area contributed by atoms with E-state index in [0.717, 1.165) is 5.56 Å². The second kappa shape index (κ2) is 4.72. The summed E-state index contributed by atoms with van der Waals surface area (Å²) in [6.07, 6.45) is 3.31. The zero-order valence-corrected chi connectivity index (χ0v) is 9.99. The summed E-state index contributed by atoms with van der Waals surface area (Å²) < 4.78 is 14.4. The van der Waals surface area contributed by atoms with Gasteiger partial charge in [0.2, 0.25) is 0 Å². The van der Waals surface area contributed by atoms with E-state index in [2.05, 4.69) is 20.9 Å². The molecule has 16 heavy (non-hydrogen) atoms. The van der Waals surface area contributed by atoms with E-state index in [1.54, 1.807) is 30.6 Å². The molecule has 1 atom stereocenters. The van der Waals surface area contributed by atoms with Crippen LogP contribution in [0, 0.1) is 5.82 Å². The summed E-state index contributed by atoms with van der Waals surface area (Å²) in [6, 6.07) is 7.99. The third kappa shape index (κ3) is 2.28. The molecule has 2 rings (SSSR count). The van der Waals surface area contributed by atoms with Gasteiger partial charge in [0.1, 0.15) is 5.82 Å². The third-order valence-electron chi connectivity index (χ3n) is 2.34. The molecule has 0 aliphatic heterocycles. The first-order chi connectivity index (χ1) is 7.68. The molecular formula is C12H10BrFN2. The predicted molar refractivity (Wildman–Crippen MR) is 64.4 cm³/mol. The van der Waals surface area contributed by atoms with Crippen molar-refractivity contribution in [2.24, 2.45) is 5.73 Å². The summed E-state index contributed by atoms with van der Waals surface area (Å²) in [4.78, 5) is 3.97. The van der Waals surface area contributed by atoms with Crippen molar-refractivity contribution in [1.82, 2.24) is 4.98 Å². The van der Waals surface area contributed by atoms with E-state index in [9.17, 15) is 4.39 Å². The standard InChI is InChI=1S/C12H10BrFN2/c13-9-3-4-10(11(14)6-9)12(15)8-2-1-5-16-7-8/h1-7,12H,15H2. The Labute approximate surface area is 101 Å². The molecule has 0 amide bonds. The van der Waals surface area contributed by atoms with Crippen molar-refractivity contribution >= 4 is 15.9 Å². The summed E-state index contributed by atoms with van der Waals surface area (Å²) in [7, 11) is 0. The van der Waals surface area contributed by atoms with Crippen molar-refractivity contribution in [3.63, 3.8) is 0 Å². The Bertz CT molecular complexity index is 488. The lowest BCUT2D eigenvalue weighted by atomic mass is 10.0. The highest BCUT2D eigenvalue weighted by Gasteiger charge is 2.13. The molecule has 0 radical (unpaired) electrons. The molecule has 1 aromatic heterocycles. The van der Waals surface area contributed by atoms with Crippen molar-refractivity contribution in [1.29, 1.82) is 0 Å². The molecule has 0 fully saturated rings. The van der Waals surface area contributed by atoms with Crippen molar-refractivity contribution in [3.8, 4) is 0 Å². The maximum Gasteiger partial charge on any atom is 0.129 e. The molecule has 2 N–H and O–H groups in total. The van der Waals surface area contributed by atoms with Crippen LogP contribution >= 0.6 is 15.9 Å². The van der Waals surface area contributed by atoms with E-state index >= 15 is 0 Å². The average molecular weight is 281 g/mol. The smallest absolute Gasteiger partial charge is 0.129 e. The highest BCUT2D eigenvalue weighted by Crippen LogP contribution is 2.23. The van der Waals surface area contributed by atoms with Crippen molar-refractivity contribution < 1.29 is 4.39 Å². The first-order valence-corrected chi connectivity index (χ1v) is 5.58. The van der Waals surface area contributed by atoms with E-state index < -0.39 is 6.04 Å². The van der Waals surface area contributed by atoms with Crippen LogP contribution in [0.2, 0.25) is 0 Å². The van der Waals surface area contributed by atoms with Gasteiger partial charge in [-0.2, -0.15) is 0 Å². The quantitative estimate of drug-likeness (QED) is 0.919. The lowest BCUT2D eigenvalue weighted by Crippen LogP contribution is -2.13. The Kier molecular flexibility index (Phi) is 3.31. The van der Waals surface area contributed by atoms with Gasteiger partial charge in [0.25, 0.3) is 0 Å². The Morgan fingerprint density at radius 2 is 2.12 bits per heavy atom. The molecule has 2 aromatic rings. The molecule has 82 valence electrons. The number of hydrogen-bond acceptors (Lipinski definition) is 2. The summed E-state index contributed by atoms with van der Waals surface area (Å²) in [6.45, 7) is 0. The van der Waals surface area contributed by atoms with Crippen molar-refractivity contribution in [3.05, 3.63) is 64.1 Å². The second-order valence-electron chi connectivity index (χ2n) is 3.43. The molecular weight excluding hydrogens is 271 g/mol. The highest BCUT2D eigenvalue weighted by atomic mass is 79.9. The van der Waals surface area contributed by atoms with Crippen LogP contribution in [-0.2, 0) is 0 Å². The van der Waals surface area contributed by atoms with Crippen molar-refractivity contribution in [2.75, 3.05) is 0 Å². The fourth-order valence-corrected chi connectivity index (χ4v) is 1.83. The molecule has 4 heteroatoms. The lowest BCUT2D eigenvalue weighted by Gasteiger charge is -2.12. The van der Waals surface area contributed by atoms with Crippen LogP contribution < -0.4 is 5.73 Å². The molecule has 2 nitrogen and oxygen atoms in total. The monoisotopic (exact) mass is 280 g/mol. The number of benzene rings is 1. The number of hydrogen-bond donors (Lipinski definition) is 1. The summed E-state index contributed by atoms with van der Waals surface area (Å²) >= 11 is 3.21. The number of nitrogens with zero attached hydrogens (tertiary/aromatic N) is 1. The van der Waals surface area contributed by atoms with Gasteiger partial charge in [-0.15, -0.1) is 0 Å². The minimum absolute atomic E-state index is 0.314. The Morgan fingerprint density at radius 1 is 1.31 bits per heavy atom. The van der Waals surface area contributed by atoms with Crippen LogP contribution in [0.3, 0.4) is 0 Å². The number of rotatable bonds is 2. The minimum Gasteiger partial charge on any atom is -0.320 e. The van der Waals surface area contributed by atoms with E-state index in [4.69, 9.17) is 5.73 Å². The van der Waals surface area contributed by atoms with Crippen LogP contribution in [0.15, 0.2) is 47.2 Å². The van der Waals surface area contributed by atoms with Gasteiger partial charge in [0, 0.05) is 22.4 Å². The van der Waals surface area contributed by atoms with Gasteiger partial charge in [-0.25, -0.2) is 4.39 Å². The SMILES string of the molecule is NC(c1cccnc1)c1ccc(Br)cc1F. The number of aromatic nitrogens is 1. The molecule has 0 aliphatic rings. The summed E-state index contributed by atoms with van der Waals surface area (Å²) in [5.41, 5.74) is 7.24. The van der Waals surface area contributed by atoms with E-state index in [-0.39, 0.29) is 5.82 Å². The lowest BCUT2D eigenvalue weighted by molar-refractivity contribution is 0.598. The Morgan fingerprint density at radius 3 is 2.75 bits per heavy atom. The van der Waals surface area contributed by atoms with Crippen LogP contribution in [-0.4, -0.2) is 4.98 Å². The van der Waals surface area contributed by atoms with Gasteiger partial charge in [-0.1, -0.05) is 28.1 Å². The highest BCUT2D eigenvalue weighted by molar-refractivity contribution is 9.10. The molecule has 0 saturated carbocycles. The van der Waals surface area contributed by atoms with Crippen LogP contribution in [0.1, 0.15) is 17.2 Å².